The van der Waals surface area contributed by atoms with Gasteiger partial charge in [0.15, 0.2) is 0 Å². The Morgan fingerprint density at radius 1 is 1.50 bits per heavy atom. The zero-order chi connectivity index (χ0) is 11.1. The number of carboxylic acids is 1. The van der Waals surface area contributed by atoms with Gasteiger partial charge in [-0.25, -0.2) is 4.79 Å². The summed E-state index contributed by atoms with van der Waals surface area (Å²) in [6.45, 7) is 6.00. The van der Waals surface area contributed by atoms with Crippen LogP contribution in [0.5, 0.6) is 0 Å². The van der Waals surface area contributed by atoms with Crippen LogP contribution < -0.4 is 5.32 Å². The van der Waals surface area contributed by atoms with Crippen LogP contribution in [0.4, 0.5) is 0 Å². The molecule has 0 aromatic heterocycles. The van der Waals surface area contributed by atoms with Gasteiger partial charge < -0.3 is 15.5 Å². The smallest absolute Gasteiger partial charge is 0.328 e. The molecule has 0 aliphatic rings. The van der Waals surface area contributed by atoms with Crippen molar-refractivity contribution < 1.29 is 15.0 Å². The summed E-state index contributed by atoms with van der Waals surface area (Å²) in [5, 5.41) is 20.7. The zero-order valence-corrected chi connectivity index (χ0v) is 8.95. The van der Waals surface area contributed by atoms with Crippen LogP contribution in [0, 0.1) is 0 Å². The highest BCUT2D eigenvalue weighted by Gasteiger charge is 2.05. The van der Waals surface area contributed by atoms with Crippen LogP contribution in [0.1, 0.15) is 27.2 Å². The van der Waals surface area contributed by atoms with E-state index in [-0.39, 0.29) is 12.1 Å². The summed E-state index contributed by atoms with van der Waals surface area (Å²) < 4.78 is 0. The fourth-order valence-corrected chi connectivity index (χ4v) is 1.19. The van der Waals surface area contributed by atoms with Crippen molar-refractivity contribution in [1.82, 2.24) is 5.32 Å². The Morgan fingerprint density at radius 3 is 2.50 bits per heavy atom. The van der Waals surface area contributed by atoms with E-state index in [1.54, 1.807) is 13.8 Å². The molecule has 4 heteroatoms. The van der Waals surface area contributed by atoms with Gasteiger partial charge >= 0.3 is 5.97 Å². The Balaban J connectivity index is 3.76. The quantitative estimate of drug-likeness (QED) is 0.555. The molecular formula is C10H19NO3. The topological polar surface area (TPSA) is 69.6 Å². The number of aliphatic hydroxyl groups excluding tert-OH is 1. The maximum absolute atomic E-state index is 10.3. The summed E-state index contributed by atoms with van der Waals surface area (Å²) in [6, 6.07) is 0.187. The summed E-state index contributed by atoms with van der Waals surface area (Å²) in [5.74, 6) is -0.924. The van der Waals surface area contributed by atoms with Crippen molar-refractivity contribution in [3.63, 3.8) is 0 Å². The number of hydrogen-bond acceptors (Lipinski definition) is 3. The van der Waals surface area contributed by atoms with Gasteiger partial charge in [0.05, 0.1) is 6.10 Å². The van der Waals surface area contributed by atoms with E-state index >= 15 is 0 Å². The van der Waals surface area contributed by atoms with Gasteiger partial charge in [-0.2, -0.15) is 0 Å². The molecule has 0 bridgehead atoms. The van der Waals surface area contributed by atoms with Crippen LogP contribution >= 0.6 is 0 Å². The summed E-state index contributed by atoms with van der Waals surface area (Å²) in [7, 11) is 0. The minimum absolute atomic E-state index is 0.187. The van der Waals surface area contributed by atoms with E-state index in [0.717, 1.165) is 5.57 Å². The Kier molecular flexibility index (Phi) is 6.16. The number of carboxylic acid groups (broad SMARTS) is 1. The Bertz CT molecular complexity index is 211. The van der Waals surface area contributed by atoms with Gasteiger partial charge in [0.2, 0.25) is 0 Å². The normalized spacial score (nSPS) is 16.4. The van der Waals surface area contributed by atoms with E-state index in [0.29, 0.717) is 13.0 Å². The van der Waals surface area contributed by atoms with E-state index in [1.165, 1.54) is 6.08 Å². The molecule has 82 valence electrons. The number of rotatable bonds is 6. The van der Waals surface area contributed by atoms with E-state index < -0.39 is 5.97 Å². The molecule has 4 nitrogen and oxygen atoms in total. The number of aliphatic hydroxyl groups is 1. The molecule has 0 aromatic rings. The predicted molar refractivity (Wildman–Crippen MR) is 55.2 cm³/mol. The number of aliphatic carboxylic acids is 1. The molecule has 2 unspecified atom stereocenters. The van der Waals surface area contributed by atoms with Crippen molar-refractivity contribution >= 4 is 5.97 Å². The third kappa shape index (κ3) is 7.76. The van der Waals surface area contributed by atoms with Crippen molar-refractivity contribution in [3.8, 4) is 0 Å². The molecule has 3 N–H and O–H groups in total. The van der Waals surface area contributed by atoms with Gasteiger partial charge in [0.25, 0.3) is 0 Å². The first-order valence-electron chi connectivity index (χ1n) is 4.73. The second kappa shape index (κ2) is 6.56. The van der Waals surface area contributed by atoms with Crippen LogP contribution in [-0.2, 0) is 4.79 Å². The van der Waals surface area contributed by atoms with Crippen molar-refractivity contribution in [2.75, 3.05) is 6.54 Å². The van der Waals surface area contributed by atoms with Crippen LogP contribution in [0.15, 0.2) is 11.6 Å². The van der Waals surface area contributed by atoms with Crippen molar-refractivity contribution in [2.45, 2.75) is 39.3 Å². The molecule has 0 heterocycles. The lowest BCUT2D eigenvalue weighted by Crippen LogP contribution is -2.30. The third-order valence-corrected chi connectivity index (χ3v) is 1.79. The first-order valence-corrected chi connectivity index (χ1v) is 4.73. The van der Waals surface area contributed by atoms with Gasteiger partial charge in [-0.3, -0.25) is 0 Å². The number of hydrogen-bond donors (Lipinski definition) is 3. The maximum atomic E-state index is 10.3. The largest absolute Gasteiger partial charge is 0.478 e. The second-order valence-electron chi connectivity index (χ2n) is 3.70. The second-order valence-corrected chi connectivity index (χ2v) is 3.70. The minimum Gasteiger partial charge on any atom is -0.478 e. The van der Waals surface area contributed by atoms with E-state index in [9.17, 15) is 4.79 Å². The average molecular weight is 201 g/mol. The van der Waals surface area contributed by atoms with Crippen molar-refractivity contribution in [1.29, 1.82) is 0 Å². The van der Waals surface area contributed by atoms with E-state index in [1.807, 2.05) is 6.92 Å². The van der Waals surface area contributed by atoms with Crippen LogP contribution in [0.25, 0.3) is 0 Å². The molecule has 0 aromatic carbocycles. The summed E-state index contributed by atoms with van der Waals surface area (Å²) >= 11 is 0. The molecule has 2 atom stereocenters. The van der Waals surface area contributed by atoms with Crippen molar-refractivity contribution in [3.05, 3.63) is 11.6 Å². The Labute approximate surface area is 84.6 Å². The van der Waals surface area contributed by atoms with Gasteiger partial charge in [0, 0.05) is 18.7 Å². The van der Waals surface area contributed by atoms with Gasteiger partial charge in [-0.15, -0.1) is 0 Å². The van der Waals surface area contributed by atoms with E-state index in [4.69, 9.17) is 10.2 Å². The summed E-state index contributed by atoms with van der Waals surface area (Å²) in [4.78, 5) is 10.3. The highest BCUT2D eigenvalue weighted by atomic mass is 16.4. The van der Waals surface area contributed by atoms with E-state index in [2.05, 4.69) is 5.32 Å². The fraction of sp³-hybridized carbons (Fsp3) is 0.700. The monoisotopic (exact) mass is 201 g/mol. The first kappa shape index (κ1) is 13.1. The summed E-state index contributed by atoms with van der Waals surface area (Å²) in [5.41, 5.74) is 0.773. The SMILES string of the molecule is CC(=CC(=O)O)CNC(C)CC(C)O. The van der Waals surface area contributed by atoms with Gasteiger partial charge in [0.1, 0.15) is 0 Å². The fourth-order valence-electron chi connectivity index (χ4n) is 1.19. The highest BCUT2D eigenvalue weighted by molar-refractivity contribution is 5.80. The van der Waals surface area contributed by atoms with Gasteiger partial charge in [-0.1, -0.05) is 5.57 Å². The Morgan fingerprint density at radius 2 is 2.07 bits per heavy atom. The molecule has 0 aliphatic heterocycles. The number of carbonyl (C=O) groups is 1. The lowest BCUT2D eigenvalue weighted by Gasteiger charge is -2.15. The molecule has 0 fully saturated rings. The molecule has 14 heavy (non-hydrogen) atoms. The minimum atomic E-state index is -0.924. The van der Waals surface area contributed by atoms with Gasteiger partial charge in [-0.05, 0) is 27.2 Å². The predicted octanol–water partition coefficient (Wildman–Crippen LogP) is 0.766. The molecular weight excluding hydrogens is 182 g/mol. The maximum Gasteiger partial charge on any atom is 0.328 e. The number of nitrogens with one attached hydrogen (secondary N) is 1. The zero-order valence-electron chi connectivity index (χ0n) is 8.95. The van der Waals surface area contributed by atoms with Crippen LogP contribution in [-0.4, -0.2) is 34.9 Å². The molecule has 0 saturated heterocycles. The standard InChI is InChI=1S/C10H19NO3/c1-7(4-10(13)14)6-11-8(2)5-9(3)12/h4,8-9,11-12H,5-6H2,1-3H3,(H,13,14). The molecule has 0 radical (unpaired) electrons. The molecule has 0 rings (SSSR count). The first-order chi connectivity index (χ1) is 6.41. The Hall–Kier alpha value is -0.870. The third-order valence-electron chi connectivity index (χ3n) is 1.79. The lowest BCUT2D eigenvalue weighted by atomic mass is 10.1. The lowest BCUT2D eigenvalue weighted by molar-refractivity contribution is -0.131. The summed E-state index contributed by atoms with van der Waals surface area (Å²) in [6.07, 6.45) is 1.52. The van der Waals surface area contributed by atoms with Crippen molar-refractivity contribution in [2.24, 2.45) is 0 Å². The molecule has 0 saturated carbocycles. The highest BCUT2D eigenvalue weighted by Crippen LogP contribution is 1.98. The molecule has 0 amide bonds. The molecule has 0 aliphatic carbocycles. The van der Waals surface area contributed by atoms with Crippen LogP contribution in [0.2, 0.25) is 0 Å². The molecule has 0 spiro atoms. The average Bonchev–Trinajstić information content (AvgIpc) is 1.98. The van der Waals surface area contributed by atoms with Crippen LogP contribution in [0.3, 0.4) is 0 Å².